The summed E-state index contributed by atoms with van der Waals surface area (Å²) in [6, 6.07) is 0.624. The van der Waals surface area contributed by atoms with Crippen LogP contribution in [0.5, 0.6) is 0 Å². The lowest BCUT2D eigenvalue weighted by Crippen LogP contribution is -2.28. The fourth-order valence-electron chi connectivity index (χ4n) is 1.70. The van der Waals surface area contributed by atoms with Crippen LogP contribution in [-0.2, 0) is 13.1 Å². The minimum atomic E-state index is 0.624. The summed E-state index contributed by atoms with van der Waals surface area (Å²) in [5.74, 6) is 0. The molecule has 0 saturated carbocycles. The third kappa shape index (κ3) is 4.88. The minimum Gasteiger partial charge on any atom is -0.333 e. The van der Waals surface area contributed by atoms with Crippen molar-refractivity contribution in [1.82, 2.24) is 19.8 Å². The Hall–Kier alpha value is -0.870. The van der Waals surface area contributed by atoms with Gasteiger partial charge in [0.1, 0.15) is 0 Å². The Morgan fingerprint density at radius 1 is 1.47 bits per heavy atom. The van der Waals surface area contributed by atoms with Crippen molar-refractivity contribution < 1.29 is 0 Å². The van der Waals surface area contributed by atoms with Crippen LogP contribution < -0.4 is 5.32 Å². The van der Waals surface area contributed by atoms with Gasteiger partial charge in [-0.3, -0.25) is 0 Å². The lowest BCUT2D eigenvalue weighted by molar-refractivity contribution is 0.265. The monoisotopic (exact) mass is 238 g/mol. The SMILES string of the molecule is CCNCc1cncn1CCCN(C)C(C)C. The van der Waals surface area contributed by atoms with Gasteiger partial charge in [-0.15, -0.1) is 0 Å². The summed E-state index contributed by atoms with van der Waals surface area (Å²) >= 11 is 0. The maximum atomic E-state index is 4.22. The van der Waals surface area contributed by atoms with E-state index < -0.39 is 0 Å². The Balaban J connectivity index is 2.33. The second kappa shape index (κ2) is 7.45. The molecule has 17 heavy (non-hydrogen) atoms. The van der Waals surface area contributed by atoms with Gasteiger partial charge in [-0.2, -0.15) is 0 Å². The highest BCUT2D eigenvalue weighted by molar-refractivity contribution is 4.97. The molecule has 0 aliphatic rings. The van der Waals surface area contributed by atoms with Crippen LogP contribution in [0.2, 0.25) is 0 Å². The van der Waals surface area contributed by atoms with Crippen LogP contribution in [0.3, 0.4) is 0 Å². The summed E-state index contributed by atoms with van der Waals surface area (Å²) in [6.45, 7) is 10.7. The molecule has 0 atom stereocenters. The zero-order valence-corrected chi connectivity index (χ0v) is 11.6. The summed E-state index contributed by atoms with van der Waals surface area (Å²) in [5, 5.41) is 3.34. The van der Waals surface area contributed by atoms with Crippen LogP contribution in [0.4, 0.5) is 0 Å². The van der Waals surface area contributed by atoms with Crippen molar-refractivity contribution in [2.45, 2.75) is 46.3 Å². The maximum Gasteiger partial charge on any atom is 0.0948 e. The van der Waals surface area contributed by atoms with E-state index in [1.54, 1.807) is 0 Å². The summed E-state index contributed by atoms with van der Waals surface area (Å²) in [6.07, 6.45) is 5.06. The van der Waals surface area contributed by atoms with Gasteiger partial charge in [0.25, 0.3) is 0 Å². The molecule has 1 rings (SSSR count). The van der Waals surface area contributed by atoms with Gasteiger partial charge in [0.2, 0.25) is 0 Å². The summed E-state index contributed by atoms with van der Waals surface area (Å²) in [5.41, 5.74) is 1.28. The Morgan fingerprint density at radius 3 is 2.88 bits per heavy atom. The van der Waals surface area contributed by atoms with E-state index in [0.717, 1.165) is 26.2 Å². The normalized spacial score (nSPS) is 11.6. The number of nitrogens with one attached hydrogen (secondary N) is 1. The molecule has 4 nitrogen and oxygen atoms in total. The molecular formula is C13H26N4. The topological polar surface area (TPSA) is 33.1 Å². The van der Waals surface area contributed by atoms with Crippen molar-refractivity contribution in [2.75, 3.05) is 20.1 Å². The van der Waals surface area contributed by atoms with E-state index >= 15 is 0 Å². The summed E-state index contributed by atoms with van der Waals surface area (Å²) in [7, 11) is 2.18. The standard InChI is InChI=1S/C13H26N4/c1-5-14-9-13-10-15-11-17(13)8-6-7-16(4)12(2)3/h10-12,14H,5-9H2,1-4H3. The number of aryl methyl sites for hydroxylation is 1. The van der Waals surface area contributed by atoms with Crippen LogP contribution in [0.1, 0.15) is 32.9 Å². The van der Waals surface area contributed by atoms with Gasteiger partial charge < -0.3 is 14.8 Å². The highest BCUT2D eigenvalue weighted by Crippen LogP contribution is 2.02. The van der Waals surface area contributed by atoms with Crippen molar-refractivity contribution in [1.29, 1.82) is 0 Å². The van der Waals surface area contributed by atoms with Gasteiger partial charge >= 0.3 is 0 Å². The van der Waals surface area contributed by atoms with Crippen LogP contribution in [0.15, 0.2) is 12.5 Å². The molecule has 0 unspecified atom stereocenters. The molecule has 0 aromatic carbocycles. The third-order valence-corrected chi connectivity index (χ3v) is 3.15. The van der Waals surface area contributed by atoms with Gasteiger partial charge in [-0.05, 0) is 40.4 Å². The lowest BCUT2D eigenvalue weighted by Gasteiger charge is -2.21. The Morgan fingerprint density at radius 2 is 2.24 bits per heavy atom. The van der Waals surface area contributed by atoms with Crippen molar-refractivity contribution >= 4 is 0 Å². The fraction of sp³-hybridized carbons (Fsp3) is 0.769. The molecular weight excluding hydrogens is 212 g/mol. The molecule has 1 heterocycles. The molecule has 0 fully saturated rings. The summed E-state index contributed by atoms with van der Waals surface area (Å²) < 4.78 is 2.25. The van der Waals surface area contributed by atoms with Gasteiger partial charge in [0, 0.05) is 25.3 Å². The zero-order valence-electron chi connectivity index (χ0n) is 11.6. The molecule has 0 bridgehead atoms. The first-order chi connectivity index (χ1) is 8.15. The van der Waals surface area contributed by atoms with Gasteiger partial charge in [-0.25, -0.2) is 4.98 Å². The predicted octanol–water partition coefficient (Wildman–Crippen LogP) is 1.72. The molecule has 0 radical (unpaired) electrons. The highest BCUT2D eigenvalue weighted by Gasteiger charge is 2.04. The largest absolute Gasteiger partial charge is 0.333 e. The van der Waals surface area contributed by atoms with E-state index in [1.807, 2.05) is 12.5 Å². The van der Waals surface area contributed by atoms with E-state index in [1.165, 1.54) is 12.1 Å². The Labute approximate surface area is 105 Å². The van der Waals surface area contributed by atoms with Crippen molar-refractivity contribution in [3.05, 3.63) is 18.2 Å². The number of hydrogen-bond donors (Lipinski definition) is 1. The van der Waals surface area contributed by atoms with E-state index in [4.69, 9.17) is 0 Å². The number of aromatic nitrogens is 2. The van der Waals surface area contributed by atoms with Gasteiger partial charge in [-0.1, -0.05) is 6.92 Å². The molecule has 0 aliphatic carbocycles. The van der Waals surface area contributed by atoms with Crippen molar-refractivity contribution in [3.8, 4) is 0 Å². The number of imidazole rings is 1. The average Bonchev–Trinajstić information content (AvgIpc) is 2.73. The predicted molar refractivity (Wildman–Crippen MR) is 72.0 cm³/mol. The molecule has 0 saturated heterocycles. The van der Waals surface area contributed by atoms with E-state index in [2.05, 4.69) is 47.6 Å². The second-order valence-corrected chi connectivity index (χ2v) is 4.79. The van der Waals surface area contributed by atoms with E-state index in [0.29, 0.717) is 6.04 Å². The van der Waals surface area contributed by atoms with Crippen LogP contribution in [-0.4, -0.2) is 40.6 Å². The van der Waals surface area contributed by atoms with E-state index in [-0.39, 0.29) is 0 Å². The average molecular weight is 238 g/mol. The molecule has 4 heteroatoms. The fourth-order valence-corrected chi connectivity index (χ4v) is 1.70. The molecule has 0 spiro atoms. The molecule has 1 N–H and O–H groups in total. The molecule has 0 amide bonds. The number of hydrogen-bond acceptors (Lipinski definition) is 3. The Bertz CT molecular complexity index is 306. The second-order valence-electron chi connectivity index (χ2n) is 4.79. The third-order valence-electron chi connectivity index (χ3n) is 3.15. The first kappa shape index (κ1) is 14.2. The van der Waals surface area contributed by atoms with Crippen LogP contribution >= 0.6 is 0 Å². The molecule has 0 aliphatic heterocycles. The van der Waals surface area contributed by atoms with Crippen LogP contribution in [0, 0.1) is 0 Å². The molecule has 98 valence electrons. The lowest BCUT2D eigenvalue weighted by atomic mass is 10.3. The Kier molecular flexibility index (Phi) is 6.22. The van der Waals surface area contributed by atoms with Crippen molar-refractivity contribution in [3.63, 3.8) is 0 Å². The van der Waals surface area contributed by atoms with E-state index in [9.17, 15) is 0 Å². The van der Waals surface area contributed by atoms with Crippen LogP contribution in [0.25, 0.3) is 0 Å². The van der Waals surface area contributed by atoms with Gasteiger partial charge in [0.15, 0.2) is 0 Å². The molecule has 1 aromatic rings. The quantitative estimate of drug-likeness (QED) is 0.748. The zero-order chi connectivity index (χ0) is 12.7. The first-order valence-corrected chi connectivity index (χ1v) is 6.55. The number of nitrogens with zero attached hydrogens (tertiary/aromatic N) is 3. The summed E-state index contributed by atoms with van der Waals surface area (Å²) in [4.78, 5) is 6.59. The highest BCUT2D eigenvalue weighted by atomic mass is 15.1. The van der Waals surface area contributed by atoms with Crippen molar-refractivity contribution in [2.24, 2.45) is 0 Å². The smallest absolute Gasteiger partial charge is 0.0948 e. The number of rotatable bonds is 8. The first-order valence-electron chi connectivity index (χ1n) is 6.55. The minimum absolute atomic E-state index is 0.624. The molecule has 1 aromatic heterocycles. The van der Waals surface area contributed by atoms with Gasteiger partial charge in [0.05, 0.1) is 12.0 Å². The maximum absolute atomic E-state index is 4.22.